The molecule has 0 amide bonds. The molecule has 1 aromatic heterocycles. The zero-order valence-corrected chi connectivity index (χ0v) is 16.6. The van der Waals surface area contributed by atoms with Crippen molar-refractivity contribution in [3.63, 3.8) is 0 Å². The topological polar surface area (TPSA) is 67.6 Å². The summed E-state index contributed by atoms with van der Waals surface area (Å²) >= 11 is 0. The van der Waals surface area contributed by atoms with Crippen LogP contribution in [0, 0.1) is 6.92 Å². The zero-order chi connectivity index (χ0) is 19.1. The number of nitrogens with one attached hydrogen (secondary N) is 1. The highest BCUT2D eigenvalue weighted by atomic mass is 16.5. The van der Waals surface area contributed by atoms with Gasteiger partial charge in [-0.25, -0.2) is 4.99 Å². The summed E-state index contributed by atoms with van der Waals surface area (Å²) in [6.07, 6.45) is 4.98. The standard InChI is InChI=1S/C20H30N6O/c1-16-23-24-19(26(16)3)15-21-20(22-17-9-7-8-10-17)25(2)13-14-27-18-11-5-4-6-12-18/h4-6,11-12,17H,7-10,13-15H2,1-3H3,(H,21,22). The molecule has 1 aromatic carbocycles. The highest BCUT2D eigenvalue weighted by Gasteiger charge is 2.18. The molecule has 0 aliphatic heterocycles. The van der Waals surface area contributed by atoms with Gasteiger partial charge in [0.2, 0.25) is 0 Å². The Hall–Kier alpha value is -2.57. The maximum atomic E-state index is 5.83. The number of benzene rings is 1. The van der Waals surface area contributed by atoms with E-state index < -0.39 is 0 Å². The van der Waals surface area contributed by atoms with Crippen LogP contribution in [0.2, 0.25) is 0 Å². The van der Waals surface area contributed by atoms with E-state index in [0.717, 1.165) is 29.9 Å². The fourth-order valence-electron chi connectivity index (χ4n) is 3.19. The molecular formula is C20H30N6O. The predicted octanol–water partition coefficient (Wildman–Crippen LogP) is 2.52. The molecule has 0 unspecified atom stereocenters. The van der Waals surface area contributed by atoms with E-state index in [1.165, 1.54) is 25.7 Å². The largest absolute Gasteiger partial charge is 0.492 e. The second kappa shape index (κ2) is 9.39. The third-order valence-electron chi connectivity index (χ3n) is 5.04. The van der Waals surface area contributed by atoms with Gasteiger partial charge in [0.1, 0.15) is 24.7 Å². The first-order chi connectivity index (χ1) is 13.1. The van der Waals surface area contributed by atoms with Crippen LogP contribution in [0.4, 0.5) is 0 Å². The van der Waals surface area contributed by atoms with E-state index in [0.29, 0.717) is 19.2 Å². The maximum Gasteiger partial charge on any atom is 0.194 e. The van der Waals surface area contributed by atoms with Gasteiger partial charge in [-0.2, -0.15) is 0 Å². The summed E-state index contributed by atoms with van der Waals surface area (Å²) in [7, 11) is 4.03. The van der Waals surface area contributed by atoms with Crippen molar-refractivity contribution in [1.82, 2.24) is 25.0 Å². The van der Waals surface area contributed by atoms with Crippen LogP contribution >= 0.6 is 0 Å². The van der Waals surface area contributed by atoms with Gasteiger partial charge < -0.3 is 19.5 Å². The van der Waals surface area contributed by atoms with Crippen LogP contribution in [0.15, 0.2) is 35.3 Å². The molecule has 1 fully saturated rings. The number of nitrogens with zero attached hydrogens (tertiary/aromatic N) is 5. The second-order valence-corrected chi connectivity index (χ2v) is 7.07. The average Bonchev–Trinajstić information content (AvgIpc) is 3.30. The molecule has 1 N–H and O–H groups in total. The van der Waals surface area contributed by atoms with Crippen molar-refractivity contribution < 1.29 is 4.74 Å². The SMILES string of the molecule is Cc1nnc(CN=C(NC2CCCC2)N(C)CCOc2ccccc2)n1C. The number of ether oxygens (including phenoxy) is 1. The van der Waals surface area contributed by atoms with Crippen LogP contribution in [-0.4, -0.2) is 51.9 Å². The van der Waals surface area contributed by atoms with E-state index >= 15 is 0 Å². The number of para-hydroxylation sites is 1. The number of aryl methyl sites for hydroxylation is 1. The van der Waals surface area contributed by atoms with Gasteiger partial charge in [-0.3, -0.25) is 0 Å². The Labute approximate surface area is 161 Å². The quantitative estimate of drug-likeness (QED) is 0.599. The van der Waals surface area contributed by atoms with Crippen molar-refractivity contribution in [2.45, 2.75) is 45.2 Å². The normalized spacial score (nSPS) is 15.1. The van der Waals surface area contributed by atoms with E-state index in [9.17, 15) is 0 Å². The summed E-state index contributed by atoms with van der Waals surface area (Å²) in [4.78, 5) is 6.94. The maximum absolute atomic E-state index is 5.83. The summed E-state index contributed by atoms with van der Waals surface area (Å²) in [6, 6.07) is 10.4. The molecule has 0 atom stereocenters. The number of likely N-dealkylation sites (N-methyl/N-ethyl adjacent to an activating group) is 1. The van der Waals surface area contributed by atoms with E-state index in [4.69, 9.17) is 9.73 Å². The van der Waals surface area contributed by atoms with Gasteiger partial charge >= 0.3 is 0 Å². The number of guanidine groups is 1. The zero-order valence-electron chi connectivity index (χ0n) is 16.6. The van der Waals surface area contributed by atoms with Crippen LogP contribution in [0.5, 0.6) is 5.75 Å². The molecule has 146 valence electrons. The van der Waals surface area contributed by atoms with Crippen LogP contribution in [0.1, 0.15) is 37.3 Å². The molecule has 7 heteroatoms. The van der Waals surface area contributed by atoms with Gasteiger partial charge in [0.25, 0.3) is 0 Å². The molecule has 7 nitrogen and oxygen atoms in total. The van der Waals surface area contributed by atoms with E-state index in [1.807, 2.05) is 48.9 Å². The number of hydrogen-bond acceptors (Lipinski definition) is 4. The van der Waals surface area contributed by atoms with Gasteiger partial charge in [0.15, 0.2) is 11.8 Å². The first-order valence-electron chi connectivity index (χ1n) is 9.68. The summed E-state index contributed by atoms with van der Waals surface area (Å²) < 4.78 is 7.81. The van der Waals surface area contributed by atoms with Crippen LogP contribution in [-0.2, 0) is 13.6 Å². The number of aliphatic imine (C=N–C) groups is 1. The molecule has 0 radical (unpaired) electrons. The minimum absolute atomic E-state index is 0.502. The Morgan fingerprint density at radius 3 is 2.67 bits per heavy atom. The average molecular weight is 371 g/mol. The molecule has 0 saturated heterocycles. The van der Waals surface area contributed by atoms with Gasteiger partial charge in [0, 0.05) is 20.1 Å². The van der Waals surface area contributed by atoms with Crippen LogP contribution in [0.25, 0.3) is 0 Å². The number of aromatic nitrogens is 3. The van der Waals surface area contributed by atoms with Crippen molar-refractivity contribution in [1.29, 1.82) is 0 Å². The lowest BCUT2D eigenvalue weighted by Gasteiger charge is -2.25. The second-order valence-electron chi connectivity index (χ2n) is 7.07. The predicted molar refractivity (Wildman–Crippen MR) is 107 cm³/mol. The molecule has 1 aliphatic rings. The van der Waals surface area contributed by atoms with Crippen molar-refractivity contribution >= 4 is 5.96 Å². The van der Waals surface area contributed by atoms with Crippen molar-refractivity contribution in [2.24, 2.45) is 12.0 Å². The summed E-state index contributed by atoms with van der Waals surface area (Å²) in [5.74, 6) is 3.56. The fourth-order valence-corrected chi connectivity index (χ4v) is 3.19. The van der Waals surface area contributed by atoms with Crippen LogP contribution in [0.3, 0.4) is 0 Å². The highest BCUT2D eigenvalue weighted by molar-refractivity contribution is 5.80. The van der Waals surface area contributed by atoms with E-state index in [2.05, 4.69) is 27.5 Å². The van der Waals surface area contributed by atoms with E-state index in [-0.39, 0.29) is 0 Å². The molecule has 27 heavy (non-hydrogen) atoms. The lowest BCUT2D eigenvalue weighted by Crippen LogP contribution is -2.44. The molecule has 1 aliphatic carbocycles. The molecule has 1 heterocycles. The first kappa shape index (κ1) is 19.2. The smallest absolute Gasteiger partial charge is 0.194 e. The van der Waals surface area contributed by atoms with Crippen molar-refractivity contribution in [3.8, 4) is 5.75 Å². The summed E-state index contributed by atoms with van der Waals surface area (Å²) in [5, 5.41) is 12.0. The van der Waals surface area contributed by atoms with Gasteiger partial charge in [0.05, 0.1) is 6.54 Å². The Morgan fingerprint density at radius 2 is 2.00 bits per heavy atom. The lowest BCUT2D eigenvalue weighted by atomic mass is 10.2. The lowest BCUT2D eigenvalue weighted by molar-refractivity contribution is 0.280. The summed E-state index contributed by atoms with van der Waals surface area (Å²) in [5.41, 5.74) is 0. The Morgan fingerprint density at radius 1 is 1.26 bits per heavy atom. The highest BCUT2D eigenvalue weighted by Crippen LogP contribution is 2.18. The molecule has 0 spiro atoms. The third kappa shape index (κ3) is 5.45. The Bertz CT molecular complexity index is 736. The molecule has 1 saturated carbocycles. The Balaban J connectivity index is 1.60. The minimum atomic E-state index is 0.502. The monoisotopic (exact) mass is 370 g/mol. The van der Waals surface area contributed by atoms with Crippen molar-refractivity contribution in [3.05, 3.63) is 42.0 Å². The van der Waals surface area contributed by atoms with Crippen molar-refractivity contribution in [2.75, 3.05) is 20.2 Å². The molecular weight excluding hydrogens is 340 g/mol. The van der Waals surface area contributed by atoms with Gasteiger partial charge in [-0.1, -0.05) is 31.0 Å². The molecule has 2 aromatic rings. The molecule has 3 rings (SSSR count). The molecule has 0 bridgehead atoms. The fraction of sp³-hybridized carbons (Fsp3) is 0.550. The van der Waals surface area contributed by atoms with Gasteiger partial charge in [-0.05, 0) is 31.9 Å². The van der Waals surface area contributed by atoms with E-state index in [1.54, 1.807) is 0 Å². The minimum Gasteiger partial charge on any atom is -0.492 e. The number of rotatable bonds is 7. The number of hydrogen-bond donors (Lipinski definition) is 1. The van der Waals surface area contributed by atoms with Gasteiger partial charge in [-0.15, -0.1) is 10.2 Å². The first-order valence-corrected chi connectivity index (χ1v) is 9.68. The van der Waals surface area contributed by atoms with Crippen LogP contribution < -0.4 is 10.1 Å². The summed E-state index contributed by atoms with van der Waals surface area (Å²) in [6.45, 7) is 3.82. The Kier molecular flexibility index (Phi) is 6.68. The third-order valence-corrected chi connectivity index (χ3v) is 5.04.